The van der Waals surface area contributed by atoms with Gasteiger partial charge in [-0.05, 0) is 12.1 Å². The molecule has 0 spiro atoms. The highest BCUT2D eigenvalue weighted by Crippen LogP contribution is 2.36. The van der Waals surface area contributed by atoms with Crippen LogP contribution in [0.15, 0.2) is 6.07 Å². The zero-order chi connectivity index (χ0) is 9.30. The van der Waals surface area contributed by atoms with Gasteiger partial charge in [0, 0.05) is 5.56 Å². The molecule has 0 amide bonds. The molecule has 0 nitrogen and oxygen atoms in total. The van der Waals surface area contributed by atoms with Crippen LogP contribution in [0.5, 0.6) is 0 Å². The Bertz CT molecular complexity index is 298. The van der Waals surface area contributed by atoms with Crippen molar-refractivity contribution in [3.8, 4) is 0 Å². The van der Waals surface area contributed by atoms with Gasteiger partial charge in [-0.25, -0.2) is 4.39 Å². The Morgan fingerprint density at radius 3 is 2.33 bits per heavy atom. The second-order valence-electron chi connectivity index (χ2n) is 1.98. The van der Waals surface area contributed by atoms with E-state index >= 15 is 0 Å². The first-order valence-electron chi connectivity index (χ1n) is 2.87. The quantitative estimate of drug-likeness (QED) is 0.509. The smallest absolute Gasteiger partial charge is 0.143 e. The van der Waals surface area contributed by atoms with Crippen LogP contribution in [0.25, 0.3) is 0 Å². The molecule has 0 saturated carbocycles. The van der Waals surface area contributed by atoms with Crippen LogP contribution in [0.3, 0.4) is 0 Å². The lowest BCUT2D eigenvalue weighted by Crippen LogP contribution is -1.88. The summed E-state index contributed by atoms with van der Waals surface area (Å²) in [6.45, 7) is 0. The zero-order valence-electron chi connectivity index (χ0n) is 5.54. The molecular formula is C7H2Cl4F. The molecule has 0 aliphatic heterocycles. The molecule has 65 valence electrons. The molecule has 1 aromatic carbocycles. The van der Waals surface area contributed by atoms with Crippen molar-refractivity contribution in [2.75, 3.05) is 0 Å². The summed E-state index contributed by atoms with van der Waals surface area (Å²) in [6.07, 6.45) is 0. The Hall–Kier alpha value is 0.310. The standard InChI is InChI=1S/C7H2Cl4F/c8-5-3(7(10)11)1-2-4(12)6(5)9/h2,7H. The van der Waals surface area contributed by atoms with Gasteiger partial charge in [0.2, 0.25) is 0 Å². The molecule has 12 heavy (non-hydrogen) atoms. The van der Waals surface area contributed by atoms with Gasteiger partial charge in [0.15, 0.2) is 0 Å². The summed E-state index contributed by atoms with van der Waals surface area (Å²) >= 11 is 22.1. The first-order chi connectivity index (χ1) is 5.54. The Kier molecular flexibility index (Phi) is 3.47. The van der Waals surface area contributed by atoms with Crippen LogP contribution in [0.4, 0.5) is 4.39 Å². The fourth-order valence-corrected chi connectivity index (χ4v) is 1.52. The van der Waals surface area contributed by atoms with Crippen LogP contribution in [0.1, 0.15) is 10.4 Å². The molecule has 1 aromatic rings. The van der Waals surface area contributed by atoms with E-state index in [9.17, 15) is 4.39 Å². The summed E-state index contributed by atoms with van der Waals surface area (Å²) < 4.78 is 12.7. The Labute approximate surface area is 89.2 Å². The predicted octanol–water partition coefficient (Wildman–Crippen LogP) is 4.41. The van der Waals surface area contributed by atoms with Crippen molar-refractivity contribution in [2.45, 2.75) is 4.84 Å². The average Bonchev–Trinajstić information content (AvgIpc) is 2.00. The van der Waals surface area contributed by atoms with Crippen molar-refractivity contribution in [2.24, 2.45) is 0 Å². The molecule has 0 saturated heterocycles. The van der Waals surface area contributed by atoms with E-state index in [0.717, 1.165) is 6.07 Å². The van der Waals surface area contributed by atoms with E-state index < -0.39 is 10.7 Å². The average molecular weight is 247 g/mol. The second kappa shape index (κ2) is 4.01. The summed E-state index contributed by atoms with van der Waals surface area (Å²) in [5.41, 5.74) is 0.284. The van der Waals surface area contributed by atoms with E-state index in [4.69, 9.17) is 46.4 Å². The molecule has 1 rings (SSSR count). The van der Waals surface area contributed by atoms with Crippen LogP contribution >= 0.6 is 46.4 Å². The van der Waals surface area contributed by atoms with E-state index in [1.54, 1.807) is 0 Å². The highest BCUT2D eigenvalue weighted by Gasteiger charge is 2.14. The number of benzene rings is 1. The van der Waals surface area contributed by atoms with Gasteiger partial charge in [0.05, 0.1) is 10.0 Å². The lowest BCUT2D eigenvalue weighted by molar-refractivity contribution is 0.627. The third kappa shape index (κ3) is 1.97. The van der Waals surface area contributed by atoms with Crippen molar-refractivity contribution in [1.82, 2.24) is 0 Å². The van der Waals surface area contributed by atoms with Crippen molar-refractivity contribution in [3.63, 3.8) is 0 Å². The molecule has 0 aliphatic rings. The molecule has 0 heterocycles. The van der Waals surface area contributed by atoms with Crippen molar-refractivity contribution in [3.05, 3.63) is 33.6 Å². The molecule has 0 fully saturated rings. The minimum Gasteiger partial charge on any atom is -0.205 e. The normalized spacial score (nSPS) is 10.8. The van der Waals surface area contributed by atoms with Crippen LogP contribution in [0.2, 0.25) is 10.0 Å². The monoisotopic (exact) mass is 245 g/mol. The topological polar surface area (TPSA) is 0 Å². The van der Waals surface area contributed by atoms with Crippen LogP contribution in [-0.4, -0.2) is 0 Å². The van der Waals surface area contributed by atoms with Crippen molar-refractivity contribution < 1.29 is 4.39 Å². The predicted molar refractivity (Wildman–Crippen MR) is 49.7 cm³/mol. The summed E-state index contributed by atoms with van der Waals surface area (Å²) in [7, 11) is 0. The first-order valence-corrected chi connectivity index (χ1v) is 4.50. The van der Waals surface area contributed by atoms with Gasteiger partial charge >= 0.3 is 0 Å². The molecule has 0 N–H and O–H groups in total. The maximum Gasteiger partial charge on any atom is 0.143 e. The molecular weight excluding hydrogens is 245 g/mol. The highest BCUT2D eigenvalue weighted by atomic mass is 35.5. The maximum absolute atomic E-state index is 12.7. The lowest BCUT2D eigenvalue weighted by atomic mass is 10.2. The van der Waals surface area contributed by atoms with E-state index in [1.807, 2.05) is 0 Å². The summed E-state index contributed by atoms with van der Waals surface area (Å²) in [5.74, 6) is -0.639. The number of halogens is 5. The molecule has 0 atom stereocenters. The lowest BCUT2D eigenvalue weighted by Gasteiger charge is -2.05. The van der Waals surface area contributed by atoms with Gasteiger partial charge in [-0.15, -0.1) is 0 Å². The minimum atomic E-state index is -0.851. The van der Waals surface area contributed by atoms with Crippen molar-refractivity contribution in [1.29, 1.82) is 0 Å². The number of alkyl halides is 2. The van der Waals surface area contributed by atoms with E-state index in [0.29, 0.717) is 0 Å². The number of hydrogen-bond acceptors (Lipinski definition) is 0. The van der Waals surface area contributed by atoms with Gasteiger partial charge in [-0.1, -0.05) is 46.4 Å². The first kappa shape index (κ1) is 10.4. The summed E-state index contributed by atoms with van der Waals surface area (Å²) in [5, 5.41) is -0.177. The largest absolute Gasteiger partial charge is 0.205 e. The Balaban J connectivity index is 3.27. The van der Waals surface area contributed by atoms with Crippen LogP contribution < -0.4 is 0 Å². The van der Waals surface area contributed by atoms with Gasteiger partial charge < -0.3 is 0 Å². The third-order valence-electron chi connectivity index (χ3n) is 1.21. The van der Waals surface area contributed by atoms with Crippen LogP contribution in [-0.2, 0) is 0 Å². The van der Waals surface area contributed by atoms with Crippen LogP contribution in [0, 0.1) is 11.9 Å². The minimum absolute atomic E-state index is 0.00617. The van der Waals surface area contributed by atoms with E-state index in [2.05, 4.69) is 6.07 Å². The van der Waals surface area contributed by atoms with Gasteiger partial charge in [0.1, 0.15) is 10.7 Å². The Morgan fingerprint density at radius 1 is 1.25 bits per heavy atom. The van der Waals surface area contributed by atoms with Gasteiger partial charge in [-0.3, -0.25) is 0 Å². The second-order valence-corrected chi connectivity index (χ2v) is 3.83. The van der Waals surface area contributed by atoms with Crippen molar-refractivity contribution >= 4 is 46.4 Å². The molecule has 0 bridgehead atoms. The SMILES string of the molecule is Fc1c[c]c(C(Cl)Cl)c(Cl)c1Cl. The molecule has 0 aromatic heterocycles. The highest BCUT2D eigenvalue weighted by molar-refractivity contribution is 6.47. The fourth-order valence-electron chi connectivity index (χ4n) is 0.650. The zero-order valence-corrected chi connectivity index (χ0v) is 8.57. The molecule has 0 unspecified atom stereocenters. The van der Waals surface area contributed by atoms with Gasteiger partial charge in [-0.2, -0.15) is 0 Å². The number of rotatable bonds is 1. The van der Waals surface area contributed by atoms with E-state index in [1.165, 1.54) is 0 Å². The maximum atomic E-state index is 12.7. The third-order valence-corrected chi connectivity index (χ3v) is 2.51. The van der Waals surface area contributed by atoms with Gasteiger partial charge in [0.25, 0.3) is 0 Å². The van der Waals surface area contributed by atoms with E-state index in [-0.39, 0.29) is 15.6 Å². The number of hydrogen-bond donors (Lipinski definition) is 0. The fraction of sp³-hybridized carbons (Fsp3) is 0.143. The molecule has 5 heteroatoms. The summed E-state index contributed by atoms with van der Waals surface area (Å²) in [4.78, 5) is -0.851. The Morgan fingerprint density at radius 2 is 1.83 bits per heavy atom. The molecule has 1 radical (unpaired) electrons. The summed E-state index contributed by atoms with van der Waals surface area (Å²) in [6, 6.07) is 3.53. The molecule has 0 aliphatic carbocycles.